The number of hydrogen-bond donors (Lipinski definition) is 0. The fourth-order valence-electron chi connectivity index (χ4n) is 3.50. The molecule has 0 radical (unpaired) electrons. The van der Waals surface area contributed by atoms with E-state index < -0.39 is 0 Å². The lowest BCUT2D eigenvalue weighted by atomic mass is 9.96. The van der Waals surface area contributed by atoms with Crippen LogP contribution in [0.3, 0.4) is 0 Å². The summed E-state index contributed by atoms with van der Waals surface area (Å²) in [6.07, 6.45) is 0. The maximum Gasteiger partial charge on any atom is 0.136 e. The summed E-state index contributed by atoms with van der Waals surface area (Å²) < 4.78 is 51.2. The number of ether oxygens (including phenoxy) is 4. The highest BCUT2D eigenvalue weighted by atomic mass is 79.9. The van der Waals surface area contributed by atoms with Crippen molar-refractivity contribution in [3.63, 3.8) is 0 Å². The standard InChI is InChI=1S/C20H16F2O2.C8H8Br2O2/c1-23-19-12-20(24-2)16(14-8-4-6-10-18(14)22)11-15(19)13-7-3-5-9-17(13)21;1-11-7-4-8(12-2)6(10)3-5(7)9/h3-12H,1-2H3;3-4H,1-2H3. The van der Waals surface area contributed by atoms with Gasteiger partial charge < -0.3 is 18.9 Å². The molecule has 0 bridgehead atoms. The largest absolute Gasteiger partial charge is 0.496 e. The van der Waals surface area contributed by atoms with Crippen molar-refractivity contribution in [2.24, 2.45) is 0 Å². The first-order chi connectivity index (χ1) is 17.3. The van der Waals surface area contributed by atoms with Gasteiger partial charge in [-0.15, -0.1) is 0 Å². The van der Waals surface area contributed by atoms with Crippen LogP contribution in [0.5, 0.6) is 23.0 Å². The zero-order chi connectivity index (χ0) is 26.2. The van der Waals surface area contributed by atoms with Gasteiger partial charge >= 0.3 is 0 Å². The Balaban J connectivity index is 0.000000253. The molecule has 0 aromatic heterocycles. The topological polar surface area (TPSA) is 36.9 Å². The van der Waals surface area contributed by atoms with Crippen LogP contribution in [0.4, 0.5) is 8.78 Å². The Kier molecular flexibility index (Phi) is 9.73. The van der Waals surface area contributed by atoms with Crippen LogP contribution in [0.15, 0.2) is 81.7 Å². The monoisotopic (exact) mass is 620 g/mol. The summed E-state index contributed by atoms with van der Waals surface area (Å²) in [6.45, 7) is 0. The summed E-state index contributed by atoms with van der Waals surface area (Å²) in [4.78, 5) is 0. The number of benzene rings is 4. The van der Waals surface area contributed by atoms with E-state index in [4.69, 9.17) is 18.9 Å². The van der Waals surface area contributed by atoms with Crippen LogP contribution < -0.4 is 18.9 Å². The van der Waals surface area contributed by atoms with E-state index in [0.29, 0.717) is 33.8 Å². The van der Waals surface area contributed by atoms with Crippen LogP contribution in [0.2, 0.25) is 0 Å². The van der Waals surface area contributed by atoms with Gasteiger partial charge in [0.1, 0.15) is 34.6 Å². The van der Waals surface area contributed by atoms with Crippen molar-refractivity contribution < 1.29 is 27.7 Å². The van der Waals surface area contributed by atoms with Gasteiger partial charge in [0, 0.05) is 34.4 Å². The Hall–Kier alpha value is -3.10. The van der Waals surface area contributed by atoms with Gasteiger partial charge in [-0.3, -0.25) is 0 Å². The molecule has 0 saturated carbocycles. The highest BCUT2D eigenvalue weighted by Crippen LogP contribution is 2.42. The summed E-state index contributed by atoms with van der Waals surface area (Å²) in [7, 11) is 6.24. The van der Waals surface area contributed by atoms with E-state index in [-0.39, 0.29) is 11.6 Å². The molecule has 4 aromatic rings. The van der Waals surface area contributed by atoms with Gasteiger partial charge in [-0.25, -0.2) is 8.78 Å². The first kappa shape index (κ1) is 27.5. The average molecular weight is 622 g/mol. The molecule has 0 unspecified atom stereocenters. The summed E-state index contributed by atoms with van der Waals surface area (Å²) in [6, 6.07) is 19.8. The molecule has 0 N–H and O–H groups in total. The Morgan fingerprint density at radius 3 is 1.19 bits per heavy atom. The van der Waals surface area contributed by atoms with Gasteiger partial charge in [0.25, 0.3) is 0 Å². The van der Waals surface area contributed by atoms with Crippen molar-refractivity contribution in [1.82, 2.24) is 0 Å². The normalized spacial score (nSPS) is 10.2. The second kappa shape index (κ2) is 12.7. The Morgan fingerprint density at radius 2 is 0.833 bits per heavy atom. The Labute approximate surface area is 226 Å². The molecular weight excluding hydrogens is 598 g/mol. The summed E-state index contributed by atoms with van der Waals surface area (Å²) in [5, 5.41) is 0. The molecule has 0 aliphatic heterocycles. The van der Waals surface area contributed by atoms with Crippen molar-refractivity contribution >= 4 is 31.9 Å². The van der Waals surface area contributed by atoms with Gasteiger partial charge in [-0.05, 0) is 56.1 Å². The van der Waals surface area contributed by atoms with Crippen molar-refractivity contribution in [1.29, 1.82) is 0 Å². The van der Waals surface area contributed by atoms with E-state index in [0.717, 1.165) is 20.4 Å². The number of methoxy groups -OCH3 is 4. The average Bonchev–Trinajstić information content (AvgIpc) is 2.89. The minimum Gasteiger partial charge on any atom is -0.496 e. The van der Waals surface area contributed by atoms with Crippen molar-refractivity contribution in [3.8, 4) is 45.3 Å². The van der Waals surface area contributed by atoms with E-state index in [1.165, 1.54) is 26.4 Å². The number of halogens is 4. The molecule has 4 rings (SSSR count). The van der Waals surface area contributed by atoms with Crippen LogP contribution in [0.1, 0.15) is 0 Å². The number of rotatable bonds is 6. The van der Waals surface area contributed by atoms with E-state index in [9.17, 15) is 8.78 Å². The van der Waals surface area contributed by atoms with Crippen LogP contribution in [0.25, 0.3) is 22.3 Å². The zero-order valence-electron chi connectivity index (χ0n) is 20.1. The number of hydrogen-bond acceptors (Lipinski definition) is 4. The second-order valence-electron chi connectivity index (χ2n) is 7.33. The minimum absolute atomic E-state index is 0.375. The zero-order valence-corrected chi connectivity index (χ0v) is 23.2. The quantitative estimate of drug-likeness (QED) is 0.216. The molecule has 188 valence electrons. The lowest BCUT2D eigenvalue weighted by Gasteiger charge is -2.16. The predicted octanol–water partition coefficient (Wildman–Crippen LogP) is 8.54. The molecule has 0 heterocycles. The third kappa shape index (κ3) is 6.17. The summed E-state index contributed by atoms with van der Waals surface area (Å²) >= 11 is 6.72. The van der Waals surface area contributed by atoms with Crippen molar-refractivity contribution in [2.45, 2.75) is 0 Å². The van der Waals surface area contributed by atoms with E-state index in [1.54, 1.807) is 62.8 Å². The van der Waals surface area contributed by atoms with Crippen LogP contribution >= 0.6 is 31.9 Å². The minimum atomic E-state index is -0.375. The van der Waals surface area contributed by atoms with Gasteiger partial charge in [0.05, 0.1) is 37.4 Å². The molecule has 0 aliphatic rings. The van der Waals surface area contributed by atoms with Gasteiger partial charge in [0.2, 0.25) is 0 Å². The maximum absolute atomic E-state index is 14.2. The fraction of sp³-hybridized carbons (Fsp3) is 0.143. The Bertz CT molecular complexity index is 1250. The predicted molar refractivity (Wildman–Crippen MR) is 145 cm³/mol. The van der Waals surface area contributed by atoms with Crippen LogP contribution in [-0.4, -0.2) is 28.4 Å². The second-order valence-corrected chi connectivity index (χ2v) is 9.04. The smallest absolute Gasteiger partial charge is 0.136 e. The molecule has 0 aliphatic carbocycles. The summed E-state index contributed by atoms with van der Waals surface area (Å²) in [5.41, 5.74) is 1.84. The van der Waals surface area contributed by atoms with Crippen LogP contribution in [0, 0.1) is 11.6 Å². The molecule has 0 amide bonds. The molecule has 4 nitrogen and oxygen atoms in total. The molecule has 4 aromatic carbocycles. The fourth-order valence-corrected chi connectivity index (χ4v) is 4.82. The van der Waals surface area contributed by atoms with Crippen molar-refractivity contribution in [2.75, 3.05) is 28.4 Å². The van der Waals surface area contributed by atoms with Gasteiger partial charge in [-0.1, -0.05) is 36.4 Å². The maximum atomic E-state index is 14.2. The molecule has 0 spiro atoms. The van der Waals surface area contributed by atoms with Crippen molar-refractivity contribution in [3.05, 3.63) is 93.4 Å². The molecular formula is C28H24Br2F2O4. The van der Waals surface area contributed by atoms with E-state index in [2.05, 4.69) is 31.9 Å². The third-order valence-corrected chi connectivity index (χ3v) is 6.52. The lowest BCUT2D eigenvalue weighted by molar-refractivity contribution is 0.391. The molecule has 36 heavy (non-hydrogen) atoms. The highest BCUT2D eigenvalue weighted by Gasteiger charge is 2.18. The van der Waals surface area contributed by atoms with Gasteiger partial charge in [0.15, 0.2) is 0 Å². The third-order valence-electron chi connectivity index (χ3n) is 5.28. The molecule has 0 atom stereocenters. The SMILES string of the molecule is COc1cc(OC)c(-c2ccccc2F)cc1-c1ccccc1F.COc1cc(OC)c(Br)cc1Br. The molecule has 8 heteroatoms. The van der Waals surface area contributed by atoms with E-state index >= 15 is 0 Å². The van der Waals surface area contributed by atoms with Crippen LogP contribution in [-0.2, 0) is 0 Å². The van der Waals surface area contributed by atoms with E-state index in [1.807, 2.05) is 12.1 Å². The lowest BCUT2D eigenvalue weighted by Crippen LogP contribution is -1.96. The molecule has 0 saturated heterocycles. The first-order valence-corrected chi connectivity index (χ1v) is 12.3. The highest BCUT2D eigenvalue weighted by molar-refractivity contribution is 9.11. The first-order valence-electron chi connectivity index (χ1n) is 10.7. The molecule has 0 fully saturated rings. The summed E-state index contributed by atoms with van der Waals surface area (Å²) in [5.74, 6) is 1.68. The Morgan fingerprint density at radius 1 is 0.472 bits per heavy atom. The van der Waals surface area contributed by atoms with Gasteiger partial charge in [-0.2, -0.15) is 0 Å².